The van der Waals surface area contributed by atoms with E-state index in [1.807, 2.05) is 0 Å². The van der Waals surface area contributed by atoms with Crippen LogP contribution in [0.1, 0.15) is 42.9 Å². The molecule has 1 aromatic rings. The van der Waals surface area contributed by atoms with Crippen molar-refractivity contribution >= 4 is 18.3 Å². The Balaban J connectivity index is 0.00000192. The molecule has 0 spiro atoms. The number of carbonyl (C=O) groups excluding carboxylic acids is 1. The molecule has 2 heterocycles. The van der Waals surface area contributed by atoms with E-state index in [2.05, 4.69) is 35.1 Å². The van der Waals surface area contributed by atoms with Gasteiger partial charge < -0.3 is 9.73 Å². The lowest BCUT2D eigenvalue weighted by Crippen LogP contribution is -2.41. The van der Waals surface area contributed by atoms with E-state index >= 15 is 0 Å². The number of nitrogens with one attached hydrogen (secondary N) is 1. The van der Waals surface area contributed by atoms with Gasteiger partial charge in [0.25, 0.3) is 5.91 Å². The average Bonchev–Trinajstić information content (AvgIpc) is 3.09. The van der Waals surface area contributed by atoms with Gasteiger partial charge in [-0.3, -0.25) is 9.69 Å². The molecule has 1 saturated carbocycles. The number of carbonyl (C=O) groups is 1. The van der Waals surface area contributed by atoms with E-state index in [1.54, 1.807) is 6.92 Å². The molecule has 1 aliphatic carbocycles. The van der Waals surface area contributed by atoms with Gasteiger partial charge in [-0.1, -0.05) is 11.6 Å². The first-order chi connectivity index (χ1) is 10.5. The number of halogens is 1. The summed E-state index contributed by atoms with van der Waals surface area (Å²) in [5, 5.41) is 3.19. The summed E-state index contributed by atoms with van der Waals surface area (Å²) in [4.78, 5) is 18.8. The maximum atomic E-state index is 12.4. The topological polar surface area (TPSA) is 58.4 Å². The van der Waals surface area contributed by atoms with Gasteiger partial charge in [-0.25, -0.2) is 4.98 Å². The van der Waals surface area contributed by atoms with Crippen molar-refractivity contribution in [3.63, 3.8) is 0 Å². The summed E-state index contributed by atoms with van der Waals surface area (Å²) in [5.74, 6) is 1.83. The summed E-state index contributed by atoms with van der Waals surface area (Å²) < 4.78 is 5.13. The van der Waals surface area contributed by atoms with Crippen LogP contribution in [0.5, 0.6) is 0 Å². The number of rotatable bonds is 5. The van der Waals surface area contributed by atoms with Gasteiger partial charge in [0, 0.05) is 25.7 Å². The number of oxazole rings is 1. The summed E-state index contributed by atoms with van der Waals surface area (Å²) >= 11 is 0. The zero-order valence-corrected chi connectivity index (χ0v) is 14.9. The van der Waals surface area contributed by atoms with Crippen molar-refractivity contribution in [3.05, 3.63) is 29.5 Å². The van der Waals surface area contributed by atoms with Gasteiger partial charge in [-0.05, 0) is 45.4 Å². The summed E-state index contributed by atoms with van der Waals surface area (Å²) in [5.41, 5.74) is 1.76. The third-order valence-electron chi connectivity index (χ3n) is 4.70. The van der Waals surface area contributed by atoms with E-state index in [4.69, 9.17) is 4.42 Å². The maximum Gasteiger partial charge on any atom is 0.273 e. The molecule has 0 radical (unpaired) electrons. The van der Waals surface area contributed by atoms with Crippen LogP contribution < -0.4 is 5.32 Å². The van der Waals surface area contributed by atoms with Crippen LogP contribution in [0.2, 0.25) is 0 Å². The molecular formula is C17H26ClN3O2. The first kappa shape index (κ1) is 18.0. The predicted octanol–water partition coefficient (Wildman–Crippen LogP) is 2.81. The molecule has 1 aromatic heterocycles. The second-order valence-electron chi connectivity index (χ2n) is 6.84. The average molecular weight is 340 g/mol. The Hall–Kier alpha value is -1.33. The minimum absolute atomic E-state index is 0. The fraction of sp³-hybridized carbons (Fsp3) is 0.647. The first-order valence-electron chi connectivity index (χ1n) is 8.11. The van der Waals surface area contributed by atoms with Gasteiger partial charge in [-0.15, -0.1) is 12.4 Å². The number of hydrogen-bond donors (Lipinski definition) is 1. The molecule has 6 heteroatoms. The highest BCUT2D eigenvalue weighted by molar-refractivity contribution is 5.93. The third kappa shape index (κ3) is 4.36. The molecule has 128 valence electrons. The Labute approximate surface area is 143 Å². The van der Waals surface area contributed by atoms with Gasteiger partial charge in [0.1, 0.15) is 5.76 Å². The van der Waals surface area contributed by atoms with Crippen molar-refractivity contribution in [3.8, 4) is 0 Å². The normalized spacial score (nSPS) is 24.1. The van der Waals surface area contributed by atoms with E-state index in [-0.39, 0.29) is 24.4 Å². The Bertz CT molecular complexity index is 576. The van der Waals surface area contributed by atoms with Crippen LogP contribution in [0.25, 0.3) is 0 Å². The Kier molecular flexibility index (Phi) is 5.87. The van der Waals surface area contributed by atoms with Crippen molar-refractivity contribution in [1.82, 2.24) is 15.2 Å². The van der Waals surface area contributed by atoms with Crippen LogP contribution >= 0.6 is 12.4 Å². The van der Waals surface area contributed by atoms with Crippen LogP contribution in [0.3, 0.4) is 0 Å². The number of nitrogens with zero attached hydrogens (tertiary/aromatic N) is 2. The molecule has 0 aromatic carbocycles. The van der Waals surface area contributed by atoms with Gasteiger partial charge in [0.2, 0.25) is 0 Å². The summed E-state index contributed by atoms with van der Waals surface area (Å²) in [6, 6.07) is 0.224. The molecule has 2 fully saturated rings. The second kappa shape index (κ2) is 7.49. The molecule has 2 aliphatic rings. The lowest BCUT2D eigenvalue weighted by atomic mass is 9.98. The van der Waals surface area contributed by atoms with Gasteiger partial charge >= 0.3 is 0 Å². The van der Waals surface area contributed by atoms with Crippen molar-refractivity contribution in [2.24, 2.45) is 11.8 Å². The molecule has 2 atom stereocenters. The smallest absolute Gasteiger partial charge is 0.273 e. The molecule has 1 N–H and O–H groups in total. The molecular weight excluding hydrogens is 314 g/mol. The van der Waals surface area contributed by atoms with Gasteiger partial charge in [-0.2, -0.15) is 0 Å². The lowest BCUT2D eigenvalue weighted by Gasteiger charge is -2.18. The second-order valence-corrected chi connectivity index (χ2v) is 6.84. The van der Waals surface area contributed by atoms with Crippen LogP contribution in [-0.2, 0) is 0 Å². The fourth-order valence-corrected chi connectivity index (χ4v) is 3.29. The quantitative estimate of drug-likeness (QED) is 0.838. The number of amides is 1. The van der Waals surface area contributed by atoms with E-state index in [0.717, 1.165) is 25.6 Å². The van der Waals surface area contributed by atoms with Crippen LogP contribution in [0.4, 0.5) is 0 Å². The standard InChI is InChI=1S/C17H25N3O2.ClH/c1-11(2)6-7-20-8-14(13-4-5-13)15(9-20)19-17(21)16-12(3)22-10-18-16;/h6,10,13-15H,4-5,7-9H2,1-3H3,(H,19,21);1H/t14-,15+;/m1./s1. The van der Waals surface area contributed by atoms with Gasteiger partial charge in [0.15, 0.2) is 12.1 Å². The summed E-state index contributed by atoms with van der Waals surface area (Å²) in [7, 11) is 0. The van der Waals surface area contributed by atoms with E-state index < -0.39 is 0 Å². The summed E-state index contributed by atoms with van der Waals surface area (Å²) in [6.07, 6.45) is 6.20. The van der Waals surface area contributed by atoms with Crippen molar-refractivity contribution < 1.29 is 9.21 Å². The molecule has 1 aliphatic heterocycles. The monoisotopic (exact) mass is 339 g/mol. The molecule has 0 unspecified atom stereocenters. The Morgan fingerprint density at radius 2 is 2.17 bits per heavy atom. The molecule has 1 saturated heterocycles. The van der Waals surface area contributed by atoms with E-state index in [9.17, 15) is 4.79 Å². The van der Waals surface area contributed by atoms with Crippen molar-refractivity contribution in [1.29, 1.82) is 0 Å². The highest BCUT2D eigenvalue weighted by Gasteiger charge is 2.42. The Morgan fingerprint density at radius 1 is 1.43 bits per heavy atom. The minimum atomic E-state index is -0.106. The number of hydrogen-bond acceptors (Lipinski definition) is 4. The third-order valence-corrected chi connectivity index (χ3v) is 4.70. The number of aromatic nitrogens is 1. The number of aryl methyl sites for hydroxylation is 1. The van der Waals surface area contributed by atoms with E-state index in [1.165, 1.54) is 24.8 Å². The van der Waals surface area contributed by atoms with Crippen LogP contribution in [0, 0.1) is 18.8 Å². The molecule has 3 rings (SSSR count). The zero-order chi connectivity index (χ0) is 15.7. The number of likely N-dealkylation sites (tertiary alicyclic amines) is 1. The summed E-state index contributed by atoms with van der Waals surface area (Å²) in [6.45, 7) is 9.00. The maximum absolute atomic E-state index is 12.4. The largest absolute Gasteiger partial charge is 0.448 e. The van der Waals surface area contributed by atoms with Crippen LogP contribution in [0.15, 0.2) is 22.5 Å². The van der Waals surface area contributed by atoms with Gasteiger partial charge in [0.05, 0.1) is 0 Å². The van der Waals surface area contributed by atoms with Crippen LogP contribution in [-0.4, -0.2) is 41.5 Å². The fourth-order valence-electron chi connectivity index (χ4n) is 3.29. The first-order valence-corrected chi connectivity index (χ1v) is 8.11. The zero-order valence-electron chi connectivity index (χ0n) is 14.0. The predicted molar refractivity (Wildman–Crippen MR) is 91.8 cm³/mol. The minimum Gasteiger partial charge on any atom is -0.448 e. The van der Waals surface area contributed by atoms with Crippen molar-refractivity contribution in [2.45, 2.75) is 39.7 Å². The number of allylic oxidation sites excluding steroid dienone is 1. The van der Waals surface area contributed by atoms with E-state index in [0.29, 0.717) is 17.4 Å². The lowest BCUT2D eigenvalue weighted by molar-refractivity contribution is 0.0922. The highest BCUT2D eigenvalue weighted by atomic mass is 35.5. The highest BCUT2D eigenvalue weighted by Crippen LogP contribution is 2.41. The molecule has 23 heavy (non-hydrogen) atoms. The molecule has 1 amide bonds. The van der Waals surface area contributed by atoms with Crippen molar-refractivity contribution in [2.75, 3.05) is 19.6 Å². The SMILES string of the molecule is CC(C)=CCN1C[C@H](NC(=O)c2ncoc2C)[C@@H](C2CC2)C1.Cl. The molecule has 5 nitrogen and oxygen atoms in total. The Morgan fingerprint density at radius 3 is 2.74 bits per heavy atom. The molecule has 0 bridgehead atoms.